The molecule has 14 heavy (non-hydrogen) atoms. The minimum absolute atomic E-state index is 0. The van der Waals surface area contributed by atoms with Crippen LogP contribution in [0.5, 0.6) is 0 Å². The molecule has 2 heterocycles. The van der Waals surface area contributed by atoms with Crippen LogP contribution in [0.3, 0.4) is 0 Å². The van der Waals surface area contributed by atoms with Crippen LogP contribution in [0.25, 0.3) is 10.9 Å². The van der Waals surface area contributed by atoms with E-state index in [2.05, 4.69) is 10.1 Å². The molecule has 0 saturated carbocycles. The van der Waals surface area contributed by atoms with Gasteiger partial charge in [0.05, 0.1) is 5.69 Å². The second-order valence-corrected chi connectivity index (χ2v) is 2.78. The number of hydrogen-bond acceptors (Lipinski definition) is 2. The number of aromatic nitrogens is 3. The Hall–Kier alpha value is -1.58. The number of aromatic amines is 1. The van der Waals surface area contributed by atoms with Gasteiger partial charge in [0.15, 0.2) is 0 Å². The third-order valence-electron chi connectivity index (χ3n) is 1.95. The third-order valence-corrected chi connectivity index (χ3v) is 1.95. The van der Waals surface area contributed by atoms with Gasteiger partial charge in [-0.25, -0.2) is 0 Å². The van der Waals surface area contributed by atoms with E-state index in [4.69, 9.17) is 0 Å². The molecule has 0 bridgehead atoms. The zero-order valence-electron chi connectivity index (χ0n) is 8.96. The first-order valence-corrected chi connectivity index (χ1v) is 4.71. The molecule has 0 atom stereocenters. The van der Waals surface area contributed by atoms with Crippen LogP contribution in [0.1, 0.15) is 21.0 Å². The van der Waals surface area contributed by atoms with E-state index in [9.17, 15) is 4.79 Å². The molecule has 1 N–H and O–H groups in total. The Morgan fingerprint density at radius 1 is 1.50 bits per heavy atom. The average molecular weight is 195 g/mol. The predicted molar refractivity (Wildman–Crippen MR) is 59.5 cm³/mol. The molecule has 0 amide bonds. The van der Waals surface area contributed by atoms with Gasteiger partial charge in [0.25, 0.3) is 5.56 Å². The zero-order chi connectivity index (χ0) is 10.7. The van der Waals surface area contributed by atoms with Crippen molar-refractivity contribution < 1.29 is 1.43 Å². The van der Waals surface area contributed by atoms with Crippen LogP contribution in [-0.4, -0.2) is 14.8 Å². The summed E-state index contributed by atoms with van der Waals surface area (Å²) in [6.45, 7) is 5.89. The molecule has 0 fully saturated rings. The van der Waals surface area contributed by atoms with E-state index in [-0.39, 0.29) is 6.99 Å². The molecule has 0 aliphatic rings. The summed E-state index contributed by atoms with van der Waals surface area (Å²) in [5.41, 5.74) is 1.43. The first-order chi connectivity index (χ1) is 6.70. The van der Waals surface area contributed by atoms with Crippen molar-refractivity contribution in [3.8, 4) is 0 Å². The Kier molecular flexibility index (Phi) is 3.06. The summed E-state index contributed by atoms with van der Waals surface area (Å²) in [7, 11) is 1.77. The molecule has 2 rings (SSSR count). The van der Waals surface area contributed by atoms with Crippen molar-refractivity contribution in [1.82, 2.24) is 14.8 Å². The van der Waals surface area contributed by atoms with Crippen molar-refractivity contribution in [3.05, 3.63) is 28.3 Å². The topological polar surface area (TPSA) is 50.7 Å². The molecule has 0 aliphatic carbocycles. The van der Waals surface area contributed by atoms with Gasteiger partial charge in [-0.2, -0.15) is 5.10 Å². The monoisotopic (exact) mass is 195 g/mol. The summed E-state index contributed by atoms with van der Waals surface area (Å²) in [5, 5.41) is 5.07. The fraction of sp³-hybridized carbons (Fsp3) is 0.400. The molecule has 4 heteroatoms. The molecule has 2 aromatic heterocycles. The molecule has 0 aromatic carbocycles. The molecular formula is C10H17N3O. The SMILES string of the molecule is CC.Cc1nn(C)c2c(=O)[nH]ccc12.[HH]. The summed E-state index contributed by atoms with van der Waals surface area (Å²) >= 11 is 0. The predicted octanol–water partition coefficient (Wildman–Crippen LogP) is 1.84. The van der Waals surface area contributed by atoms with Gasteiger partial charge in [-0.1, -0.05) is 13.8 Å². The maximum absolute atomic E-state index is 11.3. The van der Waals surface area contributed by atoms with Crippen molar-refractivity contribution >= 4 is 10.9 Å². The van der Waals surface area contributed by atoms with Crippen LogP contribution in [0.2, 0.25) is 0 Å². The van der Waals surface area contributed by atoms with Crippen molar-refractivity contribution in [2.75, 3.05) is 0 Å². The Bertz CT molecular complexity index is 487. The summed E-state index contributed by atoms with van der Waals surface area (Å²) in [4.78, 5) is 13.9. The van der Waals surface area contributed by atoms with E-state index >= 15 is 0 Å². The maximum Gasteiger partial charge on any atom is 0.274 e. The number of H-pyrrole nitrogens is 1. The fourth-order valence-electron chi connectivity index (χ4n) is 1.41. The standard InChI is InChI=1S/C8H9N3O.C2H6.H2/c1-5-6-3-4-9-8(12)7(6)11(2)10-5;1-2;/h3-4H,1-2H3,(H,9,12);1-2H3;1H. The second kappa shape index (κ2) is 4.09. The van der Waals surface area contributed by atoms with Gasteiger partial charge < -0.3 is 4.98 Å². The molecule has 0 aliphatic heterocycles. The van der Waals surface area contributed by atoms with Crippen molar-refractivity contribution in [2.24, 2.45) is 7.05 Å². The van der Waals surface area contributed by atoms with Crippen molar-refractivity contribution in [2.45, 2.75) is 20.8 Å². The number of aryl methyl sites for hydroxylation is 2. The lowest BCUT2D eigenvalue weighted by Crippen LogP contribution is -2.08. The minimum atomic E-state index is -0.0874. The maximum atomic E-state index is 11.3. The van der Waals surface area contributed by atoms with Gasteiger partial charge >= 0.3 is 0 Å². The molecule has 0 spiro atoms. The van der Waals surface area contributed by atoms with E-state index in [1.807, 2.05) is 26.8 Å². The van der Waals surface area contributed by atoms with Crippen LogP contribution >= 0.6 is 0 Å². The Labute approximate surface area is 84.1 Å². The van der Waals surface area contributed by atoms with Crippen LogP contribution in [-0.2, 0) is 7.05 Å². The Morgan fingerprint density at radius 3 is 2.71 bits per heavy atom. The van der Waals surface area contributed by atoms with E-state index in [1.165, 1.54) is 0 Å². The summed E-state index contributed by atoms with van der Waals surface area (Å²) in [6, 6.07) is 1.86. The van der Waals surface area contributed by atoms with Gasteiger partial charge in [0, 0.05) is 20.1 Å². The molecule has 4 nitrogen and oxygen atoms in total. The first kappa shape index (κ1) is 10.5. The number of fused-ring (bicyclic) bond motifs is 1. The van der Waals surface area contributed by atoms with Crippen molar-refractivity contribution in [1.29, 1.82) is 0 Å². The average Bonchev–Trinajstić information content (AvgIpc) is 2.47. The highest BCUT2D eigenvalue weighted by Crippen LogP contribution is 2.11. The summed E-state index contributed by atoms with van der Waals surface area (Å²) in [5.74, 6) is 0. The van der Waals surface area contributed by atoms with E-state index in [0.717, 1.165) is 11.1 Å². The lowest BCUT2D eigenvalue weighted by molar-refractivity contribution is 0.779. The number of hydrogen-bond donors (Lipinski definition) is 1. The lowest BCUT2D eigenvalue weighted by atomic mass is 10.2. The number of pyridine rings is 1. The molecule has 2 aromatic rings. The molecule has 0 saturated heterocycles. The van der Waals surface area contributed by atoms with Crippen LogP contribution in [0.4, 0.5) is 0 Å². The second-order valence-electron chi connectivity index (χ2n) is 2.78. The fourth-order valence-corrected chi connectivity index (χ4v) is 1.41. The third kappa shape index (κ3) is 1.55. The molecule has 0 unspecified atom stereocenters. The highest BCUT2D eigenvalue weighted by Gasteiger charge is 2.06. The molecule has 0 radical (unpaired) electrons. The van der Waals surface area contributed by atoms with Crippen LogP contribution < -0.4 is 5.56 Å². The number of rotatable bonds is 0. The quantitative estimate of drug-likeness (QED) is 0.697. The van der Waals surface area contributed by atoms with E-state index in [0.29, 0.717) is 5.52 Å². The lowest BCUT2D eigenvalue weighted by Gasteiger charge is -1.89. The van der Waals surface area contributed by atoms with E-state index in [1.54, 1.807) is 17.9 Å². The van der Waals surface area contributed by atoms with Gasteiger partial charge in [0.2, 0.25) is 0 Å². The molecular weight excluding hydrogens is 178 g/mol. The molecule has 78 valence electrons. The Balaban J connectivity index is 0.000000617. The number of nitrogens with one attached hydrogen (secondary N) is 1. The first-order valence-electron chi connectivity index (χ1n) is 4.71. The van der Waals surface area contributed by atoms with Gasteiger partial charge in [-0.05, 0) is 13.0 Å². The highest BCUT2D eigenvalue weighted by molar-refractivity contribution is 5.80. The van der Waals surface area contributed by atoms with Gasteiger partial charge in [-0.15, -0.1) is 0 Å². The normalized spacial score (nSPS) is 9.71. The largest absolute Gasteiger partial charge is 0.327 e. The Morgan fingerprint density at radius 2 is 2.14 bits per heavy atom. The van der Waals surface area contributed by atoms with Crippen LogP contribution in [0, 0.1) is 6.92 Å². The van der Waals surface area contributed by atoms with Crippen LogP contribution in [0.15, 0.2) is 17.1 Å². The van der Waals surface area contributed by atoms with E-state index < -0.39 is 0 Å². The summed E-state index contributed by atoms with van der Waals surface area (Å²) < 4.78 is 1.60. The van der Waals surface area contributed by atoms with Gasteiger partial charge in [-0.3, -0.25) is 9.48 Å². The minimum Gasteiger partial charge on any atom is -0.327 e. The smallest absolute Gasteiger partial charge is 0.274 e. The number of nitrogens with zero attached hydrogens (tertiary/aromatic N) is 2. The zero-order valence-corrected chi connectivity index (χ0v) is 8.96. The van der Waals surface area contributed by atoms with Crippen molar-refractivity contribution in [3.63, 3.8) is 0 Å². The van der Waals surface area contributed by atoms with Gasteiger partial charge in [0.1, 0.15) is 5.52 Å². The highest BCUT2D eigenvalue weighted by atomic mass is 16.1. The summed E-state index contributed by atoms with van der Waals surface area (Å²) in [6.07, 6.45) is 1.64.